The first-order chi connectivity index (χ1) is 5.24. The van der Waals surface area contributed by atoms with Crippen molar-refractivity contribution in [2.24, 2.45) is 5.73 Å². The molecule has 0 aliphatic carbocycles. The number of pyridine rings is 1. The number of rotatable bonds is 2. The summed E-state index contributed by atoms with van der Waals surface area (Å²) in [7, 11) is 0. The molecule has 1 rings (SSSR count). The first kappa shape index (κ1) is 8.17. The molecule has 0 saturated carbocycles. The minimum atomic E-state index is -0.0391. The van der Waals surface area contributed by atoms with Crippen molar-refractivity contribution in [3.05, 3.63) is 29.6 Å². The molecule has 1 atom stereocenters. The number of nitrogens with two attached hydrogens (primary N) is 1. The van der Waals surface area contributed by atoms with Crippen LogP contribution in [0.25, 0.3) is 0 Å². The zero-order valence-corrected chi connectivity index (χ0v) is 6.49. The molecule has 0 aliphatic rings. The minimum Gasteiger partial charge on any atom is -0.392 e. The first-order valence-corrected chi connectivity index (χ1v) is 3.55. The van der Waals surface area contributed by atoms with E-state index < -0.39 is 0 Å². The predicted molar refractivity (Wildman–Crippen MR) is 42.8 cm³/mol. The van der Waals surface area contributed by atoms with Gasteiger partial charge in [0.25, 0.3) is 0 Å². The number of hydrogen-bond acceptors (Lipinski definition) is 3. The van der Waals surface area contributed by atoms with Crippen LogP contribution in [0.1, 0.15) is 24.2 Å². The lowest BCUT2D eigenvalue weighted by atomic mass is 10.2. The highest BCUT2D eigenvalue weighted by Crippen LogP contribution is 2.06. The molecule has 0 aromatic carbocycles. The largest absolute Gasteiger partial charge is 0.392 e. The molecule has 60 valence electrons. The summed E-state index contributed by atoms with van der Waals surface area (Å²) in [6, 6.07) is 3.62. The van der Waals surface area contributed by atoms with Gasteiger partial charge in [-0.1, -0.05) is 6.07 Å². The van der Waals surface area contributed by atoms with Crippen molar-refractivity contribution < 1.29 is 5.11 Å². The molecular weight excluding hydrogens is 140 g/mol. The van der Waals surface area contributed by atoms with Crippen molar-refractivity contribution in [2.45, 2.75) is 19.6 Å². The molecule has 3 nitrogen and oxygen atoms in total. The van der Waals surface area contributed by atoms with Crippen LogP contribution in [0.3, 0.4) is 0 Å². The van der Waals surface area contributed by atoms with E-state index >= 15 is 0 Å². The number of aliphatic hydroxyl groups excluding tert-OH is 1. The van der Waals surface area contributed by atoms with Gasteiger partial charge < -0.3 is 10.8 Å². The summed E-state index contributed by atoms with van der Waals surface area (Å²) in [6.45, 7) is 1.91. The molecule has 0 spiro atoms. The Balaban J connectivity index is 2.83. The number of nitrogens with zero attached hydrogens (tertiary/aromatic N) is 1. The third-order valence-electron chi connectivity index (χ3n) is 1.50. The summed E-state index contributed by atoms with van der Waals surface area (Å²) in [4.78, 5) is 4.06. The molecule has 0 radical (unpaired) electrons. The Hall–Kier alpha value is -0.930. The quantitative estimate of drug-likeness (QED) is 0.652. The summed E-state index contributed by atoms with van der Waals surface area (Å²) < 4.78 is 0. The summed E-state index contributed by atoms with van der Waals surface area (Å²) in [5.41, 5.74) is 7.24. The fourth-order valence-corrected chi connectivity index (χ4v) is 0.799. The van der Waals surface area contributed by atoms with Crippen LogP contribution in [-0.4, -0.2) is 10.1 Å². The third-order valence-corrected chi connectivity index (χ3v) is 1.50. The second-order valence-corrected chi connectivity index (χ2v) is 2.54. The summed E-state index contributed by atoms with van der Waals surface area (Å²) in [6.07, 6.45) is 1.64. The Bertz CT molecular complexity index is 218. The molecule has 11 heavy (non-hydrogen) atoms. The average molecular weight is 152 g/mol. The van der Waals surface area contributed by atoms with Crippen LogP contribution in [0.5, 0.6) is 0 Å². The van der Waals surface area contributed by atoms with Gasteiger partial charge in [0, 0.05) is 12.2 Å². The molecule has 0 fully saturated rings. The Labute approximate surface area is 65.9 Å². The van der Waals surface area contributed by atoms with Crippen molar-refractivity contribution in [2.75, 3.05) is 0 Å². The van der Waals surface area contributed by atoms with E-state index in [0.29, 0.717) is 0 Å². The van der Waals surface area contributed by atoms with Gasteiger partial charge in [-0.15, -0.1) is 0 Å². The Morgan fingerprint density at radius 1 is 1.64 bits per heavy atom. The Kier molecular flexibility index (Phi) is 2.57. The van der Waals surface area contributed by atoms with E-state index in [1.165, 1.54) is 0 Å². The van der Waals surface area contributed by atoms with Crippen LogP contribution in [-0.2, 0) is 6.61 Å². The van der Waals surface area contributed by atoms with E-state index in [2.05, 4.69) is 4.98 Å². The maximum absolute atomic E-state index is 8.70. The monoisotopic (exact) mass is 152 g/mol. The number of aliphatic hydroxyl groups is 1. The molecule has 0 unspecified atom stereocenters. The van der Waals surface area contributed by atoms with E-state index in [1.807, 2.05) is 19.1 Å². The van der Waals surface area contributed by atoms with E-state index in [4.69, 9.17) is 10.8 Å². The van der Waals surface area contributed by atoms with E-state index in [1.54, 1.807) is 6.20 Å². The van der Waals surface area contributed by atoms with E-state index in [-0.39, 0.29) is 12.6 Å². The molecule has 3 heteroatoms. The van der Waals surface area contributed by atoms with Gasteiger partial charge in [-0.25, -0.2) is 0 Å². The van der Waals surface area contributed by atoms with Gasteiger partial charge in [0.05, 0.1) is 12.3 Å². The maximum atomic E-state index is 8.70. The van der Waals surface area contributed by atoms with Crippen LogP contribution in [0, 0.1) is 0 Å². The topological polar surface area (TPSA) is 59.1 Å². The van der Waals surface area contributed by atoms with Crippen LogP contribution in [0.4, 0.5) is 0 Å². The fraction of sp³-hybridized carbons (Fsp3) is 0.375. The van der Waals surface area contributed by atoms with Crippen molar-refractivity contribution in [3.8, 4) is 0 Å². The summed E-state index contributed by atoms with van der Waals surface area (Å²) >= 11 is 0. The van der Waals surface area contributed by atoms with Crippen LogP contribution < -0.4 is 5.73 Å². The van der Waals surface area contributed by atoms with E-state index in [9.17, 15) is 0 Å². The van der Waals surface area contributed by atoms with Crippen molar-refractivity contribution in [3.63, 3.8) is 0 Å². The zero-order chi connectivity index (χ0) is 8.27. The normalized spacial score (nSPS) is 13.0. The molecule has 0 bridgehead atoms. The lowest BCUT2D eigenvalue weighted by molar-refractivity contribution is 0.281. The molecule has 1 heterocycles. The van der Waals surface area contributed by atoms with Gasteiger partial charge in [-0.3, -0.25) is 4.98 Å². The second kappa shape index (κ2) is 3.46. The van der Waals surface area contributed by atoms with Crippen LogP contribution in [0.15, 0.2) is 18.3 Å². The summed E-state index contributed by atoms with van der Waals surface area (Å²) in [5.74, 6) is 0. The van der Waals surface area contributed by atoms with Gasteiger partial charge in [0.2, 0.25) is 0 Å². The number of hydrogen-bond donors (Lipinski definition) is 2. The highest BCUT2D eigenvalue weighted by Gasteiger charge is 1.99. The smallest absolute Gasteiger partial charge is 0.0696 e. The lowest BCUT2D eigenvalue weighted by Gasteiger charge is -2.03. The van der Waals surface area contributed by atoms with Gasteiger partial charge in [0.15, 0.2) is 0 Å². The zero-order valence-electron chi connectivity index (χ0n) is 6.49. The second-order valence-electron chi connectivity index (χ2n) is 2.54. The molecule has 3 N–H and O–H groups in total. The highest BCUT2D eigenvalue weighted by atomic mass is 16.3. The molecule has 0 aliphatic heterocycles. The average Bonchev–Trinajstić information content (AvgIpc) is 2.05. The highest BCUT2D eigenvalue weighted by molar-refractivity contribution is 5.14. The minimum absolute atomic E-state index is 0.0340. The molecule has 1 aromatic rings. The fourth-order valence-electron chi connectivity index (χ4n) is 0.799. The Morgan fingerprint density at radius 3 is 2.73 bits per heavy atom. The van der Waals surface area contributed by atoms with Gasteiger partial charge >= 0.3 is 0 Å². The Morgan fingerprint density at radius 2 is 2.36 bits per heavy atom. The van der Waals surface area contributed by atoms with Crippen LogP contribution >= 0.6 is 0 Å². The van der Waals surface area contributed by atoms with Gasteiger partial charge in [-0.05, 0) is 18.6 Å². The maximum Gasteiger partial charge on any atom is 0.0696 e. The van der Waals surface area contributed by atoms with Gasteiger partial charge in [0.1, 0.15) is 0 Å². The molecule has 0 saturated heterocycles. The van der Waals surface area contributed by atoms with E-state index in [0.717, 1.165) is 11.3 Å². The third kappa shape index (κ3) is 2.00. The first-order valence-electron chi connectivity index (χ1n) is 3.55. The van der Waals surface area contributed by atoms with Crippen molar-refractivity contribution >= 4 is 0 Å². The lowest BCUT2D eigenvalue weighted by Crippen LogP contribution is -2.07. The number of aromatic nitrogens is 1. The molecule has 0 amide bonds. The van der Waals surface area contributed by atoms with Crippen molar-refractivity contribution in [1.82, 2.24) is 4.98 Å². The molecular formula is C8H12N2O. The van der Waals surface area contributed by atoms with Crippen LogP contribution in [0.2, 0.25) is 0 Å². The summed E-state index contributed by atoms with van der Waals surface area (Å²) in [5, 5.41) is 8.70. The molecule has 1 aromatic heterocycles. The van der Waals surface area contributed by atoms with Gasteiger partial charge in [-0.2, -0.15) is 0 Å². The standard InChI is InChI=1S/C8H12N2O/c1-6(9)8-3-2-7(5-11)4-10-8/h2-4,6,11H,5,9H2,1H3/t6-/m1/s1. The van der Waals surface area contributed by atoms with Crippen molar-refractivity contribution in [1.29, 1.82) is 0 Å². The SMILES string of the molecule is C[C@@H](N)c1ccc(CO)cn1. The predicted octanol–water partition coefficient (Wildman–Crippen LogP) is 0.594.